The first-order valence-corrected chi connectivity index (χ1v) is 12.6. The van der Waals surface area contributed by atoms with E-state index in [9.17, 15) is 17.6 Å². The summed E-state index contributed by atoms with van der Waals surface area (Å²) in [5.41, 5.74) is 1.63. The van der Waals surface area contributed by atoms with Gasteiger partial charge in [0.2, 0.25) is 0 Å². The Balaban J connectivity index is 1.79. The van der Waals surface area contributed by atoms with Crippen LogP contribution in [-0.4, -0.2) is 30.1 Å². The van der Waals surface area contributed by atoms with Crippen molar-refractivity contribution in [2.45, 2.75) is 24.0 Å². The number of aliphatic carboxylic acids is 1. The molecule has 0 fully saturated rings. The Morgan fingerprint density at radius 1 is 1.18 bits per heavy atom. The van der Waals surface area contributed by atoms with Gasteiger partial charge in [0.1, 0.15) is 15.8 Å². The highest BCUT2D eigenvalue weighted by atomic mass is 35.5. The molecule has 0 aliphatic heterocycles. The quantitative estimate of drug-likeness (QED) is 0.325. The maximum atomic E-state index is 13.5. The van der Waals surface area contributed by atoms with Gasteiger partial charge in [-0.3, -0.25) is 4.79 Å². The lowest BCUT2D eigenvalue weighted by Crippen LogP contribution is -2.10. The highest BCUT2D eigenvalue weighted by Crippen LogP contribution is 2.36. The molecule has 0 aliphatic rings. The zero-order chi connectivity index (χ0) is 23.8. The Morgan fingerprint density at radius 2 is 1.97 bits per heavy atom. The topological polar surface area (TPSA) is 85.6 Å². The summed E-state index contributed by atoms with van der Waals surface area (Å²) in [4.78, 5) is 11.7. The Labute approximate surface area is 198 Å². The van der Waals surface area contributed by atoms with Crippen molar-refractivity contribution in [3.05, 3.63) is 71.1 Å². The summed E-state index contributed by atoms with van der Waals surface area (Å²) in [7, 11) is -3.97. The third kappa shape index (κ3) is 4.62. The first-order chi connectivity index (χ1) is 15.7. The first kappa shape index (κ1) is 23.3. The lowest BCUT2D eigenvalue weighted by atomic mass is 10.1. The molecule has 0 amide bonds. The molecule has 1 N–H and O–H groups in total. The van der Waals surface area contributed by atoms with Crippen LogP contribution in [0.2, 0.25) is 5.02 Å². The summed E-state index contributed by atoms with van der Waals surface area (Å²) in [5.74, 6) is -0.951. The van der Waals surface area contributed by atoms with E-state index >= 15 is 0 Å². The Morgan fingerprint density at radius 3 is 2.67 bits per heavy atom. The van der Waals surface area contributed by atoms with E-state index < -0.39 is 21.8 Å². The third-order valence-corrected chi connectivity index (χ3v) is 8.61. The number of hydrogen-bond acceptors (Lipinski definition) is 5. The van der Waals surface area contributed by atoms with Gasteiger partial charge in [0.15, 0.2) is 0 Å². The molecule has 0 atom stereocenters. The number of carboxylic acids is 1. The molecule has 0 radical (unpaired) electrons. The molecule has 33 heavy (non-hydrogen) atoms. The second-order valence-electron chi connectivity index (χ2n) is 7.21. The minimum atomic E-state index is -3.97. The lowest BCUT2D eigenvalue weighted by molar-refractivity contribution is -0.136. The van der Waals surface area contributed by atoms with E-state index in [4.69, 9.17) is 21.4 Å². The molecule has 172 valence electrons. The fraction of sp³-hybridized carbons (Fsp3) is 0.174. The number of rotatable bonds is 8. The van der Waals surface area contributed by atoms with E-state index in [2.05, 4.69) is 0 Å². The molecule has 10 heteroatoms. The Bertz CT molecular complexity index is 1460. The van der Waals surface area contributed by atoms with Gasteiger partial charge in [-0.25, -0.2) is 8.36 Å². The SMILES string of the molecule is CCOc1ccc2c(c1)c(CCC(=O)O)cn2S(=O)(=O)c1ccc(-c2ccc(F)c(Cl)c2)s1. The minimum absolute atomic E-state index is 0.0464. The van der Waals surface area contributed by atoms with Crippen molar-refractivity contribution in [2.75, 3.05) is 6.61 Å². The van der Waals surface area contributed by atoms with E-state index in [0.29, 0.717) is 39.3 Å². The van der Waals surface area contributed by atoms with Crippen LogP contribution in [0.1, 0.15) is 18.9 Å². The van der Waals surface area contributed by atoms with Gasteiger partial charge in [-0.05, 0) is 66.9 Å². The zero-order valence-corrected chi connectivity index (χ0v) is 19.8. The number of carbonyl (C=O) groups is 1. The summed E-state index contributed by atoms with van der Waals surface area (Å²) >= 11 is 6.91. The van der Waals surface area contributed by atoms with Gasteiger partial charge in [-0.1, -0.05) is 17.7 Å². The van der Waals surface area contributed by atoms with E-state index in [-0.39, 0.29) is 22.1 Å². The van der Waals surface area contributed by atoms with Crippen molar-refractivity contribution in [3.63, 3.8) is 0 Å². The number of nitrogens with zero attached hydrogens (tertiary/aromatic N) is 1. The lowest BCUT2D eigenvalue weighted by Gasteiger charge is -2.07. The van der Waals surface area contributed by atoms with Gasteiger partial charge < -0.3 is 9.84 Å². The van der Waals surface area contributed by atoms with Crippen LogP contribution in [0.15, 0.2) is 58.9 Å². The monoisotopic (exact) mass is 507 g/mol. The van der Waals surface area contributed by atoms with E-state index in [1.54, 1.807) is 24.3 Å². The average Bonchev–Trinajstić information content (AvgIpc) is 3.40. The van der Waals surface area contributed by atoms with Gasteiger partial charge >= 0.3 is 5.97 Å². The van der Waals surface area contributed by atoms with Gasteiger partial charge in [-0.15, -0.1) is 11.3 Å². The standard InChI is InChI=1S/C23H19ClFNO5S2/c1-2-31-16-5-7-20-17(12-16)15(4-9-22(27)28)13-26(20)33(29,30)23-10-8-21(32-23)14-3-6-19(25)18(24)11-14/h3,5-8,10-13H,2,4,9H2,1H3,(H,27,28). The van der Waals surface area contributed by atoms with Crippen molar-refractivity contribution in [3.8, 4) is 16.2 Å². The molecule has 0 saturated carbocycles. The van der Waals surface area contributed by atoms with Gasteiger partial charge in [-0.2, -0.15) is 8.42 Å². The fourth-order valence-electron chi connectivity index (χ4n) is 3.50. The van der Waals surface area contributed by atoms with Crippen LogP contribution in [-0.2, 0) is 21.2 Å². The van der Waals surface area contributed by atoms with Crippen LogP contribution in [0.25, 0.3) is 21.3 Å². The minimum Gasteiger partial charge on any atom is -0.494 e. The van der Waals surface area contributed by atoms with E-state index in [1.165, 1.54) is 34.4 Å². The fourth-order valence-corrected chi connectivity index (χ4v) is 6.47. The maximum Gasteiger partial charge on any atom is 0.303 e. The molecule has 0 saturated heterocycles. The first-order valence-electron chi connectivity index (χ1n) is 10.00. The molecule has 0 unspecified atom stereocenters. The number of hydrogen-bond donors (Lipinski definition) is 1. The molecule has 0 bridgehead atoms. The Hall–Kier alpha value is -2.88. The van der Waals surface area contributed by atoms with Crippen LogP contribution in [0.4, 0.5) is 4.39 Å². The smallest absolute Gasteiger partial charge is 0.303 e. The van der Waals surface area contributed by atoms with Crippen molar-refractivity contribution < 1.29 is 27.4 Å². The Kier molecular flexibility index (Phi) is 6.47. The molecule has 4 aromatic rings. The van der Waals surface area contributed by atoms with Crippen molar-refractivity contribution in [1.29, 1.82) is 0 Å². The molecular weight excluding hydrogens is 489 g/mol. The second kappa shape index (κ2) is 9.17. The molecule has 2 heterocycles. The number of aromatic nitrogens is 1. The van der Waals surface area contributed by atoms with Gasteiger partial charge in [0, 0.05) is 22.9 Å². The maximum absolute atomic E-state index is 13.5. The van der Waals surface area contributed by atoms with Crippen LogP contribution >= 0.6 is 22.9 Å². The highest BCUT2D eigenvalue weighted by Gasteiger charge is 2.24. The summed E-state index contributed by atoms with van der Waals surface area (Å²) in [6, 6.07) is 12.4. The average molecular weight is 508 g/mol. The molecule has 0 aliphatic carbocycles. The number of carboxylic acid groups (broad SMARTS) is 1. The number of thiophene rings is 1. The summed E-state index contributed by atoms with van der Waals surface area (Å²) in [6.45, 7) is 2.29. The van der Waals surface area contributed by atoms with Crippen LogP contribution in [0.3, 0.4) is 0 Å². The number of ether oxygens (including phenoxy) is 1. The molecule has 2 aromatic heterocycles. The number of fused-ring (bicyclic) bond motifs is 1. The number of benzene rings is 2. The molecule has 2 aromatic carbocycles. The summed E-state index contributed by atoms with van der Waals surface area (Å²) in [5, 5.41) is 9.67. The largest absolute Gasteiger partial charge is 0.494 e. The predicted molar refractivity (Wildman–Crippen MR) is 126 cm³/mol. The van der Waals surface area contributed by atoms with Gasteiger partial charge in [0.25, 0.3) is 10.0 Å². The van der Waals surface area contributed by atoms with Crippen LogP contribution in [0.5, 0.6) is 5.75 Å². The number of halogens is 2. The van der Waals surface area contributed by atoms with Gasteiger partial charge in [0.05, 0.1) is 17.1 Å². The van der Waals surface area contributed by atoms with E-state index in [1.807, 2.05) is 6.92 Å². The normalized spacial score (nSPS) is 11.7. The van der Waals surface area contributed by atoms with E-state index in [0.717, 1.165) is 11.3 Å². The molecular formula is C23H19ClFNO5S2. The summed E-state index contributed by atoms with van der Waals surface area (Å²) in [6.07, 6.45) is 1.51. The van der Waals surface area contributed by atoms with Crippen LogP contribution in [0, 0.1) is 5.82 Å². The zero-order valence-electron chi connectivity index (χ0n) is 17.4. The number of aryl methyl sites for hydroxylation is 1. The highest BCUT2D eigenvalue weighted by molar-refractivity contribution is 7.92. The molecule has 4 rings (SSSR count). The third-order valence-electron chi connectivity index (χ3n) is 5.04. The predicted octanol–water partition coefficient (Wildman–Crippen LogP) is 5.82. The van der Waals surface area contributed by atoms with Crippen LogP contribution < -0.4 is 4.74 Å². The van der Waals surface area contributed by atoms with Crippen molar-refractivity contribution >= 4 is 49.8 Å². The van der Waals surface area contributed by atoms with Crippen molar-refractivity contribution in [1.82, 2.24) is 3.97 Å². The molecule has 0 spiro atoms. The summed E-state index contributed by atoms with van der Waals surface area (Å²) < 4.78 is 47.3. The second-order valence-corrected chi connectivity index (χ2v) is 10.7. The van der Waals surface area contributed by atoms with Crippen molar-refractivity contribution in [2.24, 2.45) is 0 Å². The molecule has 6 nitrogen and oxygen atoms in total.